The van der Waals surface area contributed by atoms with Gasteiger partial charge in [-0.15, -0.1) is 0 Å². The summed E-state index contributed by atoms with van der Waals surface area (Å²) in [6.45, 7) is 14.2. The zero-order valence-corrected chi connectivity index (χ0v) is 62.7. The first kappa shape index (κ1) is 91.1. The molecule has 0 aromatic carbocycles. The van der Waals surface area contributed by atoms with Crippen molar-refractivity contribution in [1.82, 2.24) is 0 Å². The van der Waals surface area contributed by atoms with Gasteiger partial charge >= 0.3 is 39.5 Å². The zero-order valence-electron chi connectivity index (χ0n) is 60.9. The number of rotatable bonds is 71. The molecular formula is C74H144O17P2. The van der Waals surface area contributed by atoms with Crippen LogP contribution in [0.1, 0.15) is 370 Å². The van der Waals surface area contributed by atoms with Crippen LogP contribution < -0.4 is 0 Å². The molecule has 8 atom stereocenters. The highest BCUT2D eigenvalue weighted by molar-refractivity contribution is 7.47. The van der Waals surface area contributed by atoms with Crippen LogP contribution in [0.3, 0.4) is 0 Å². The van der Waals surface area contributed by atoms with Gasteiger partial charge in [0.05, 0.1) is 26.4 Å². The standard InChI is InChI=1S/C74H144O17P2/c1-9-65(6)51-43-35-27-20-16-14-12-13-15-17-22-29-38-46-54-71(76)84-60-69(91-74(79)57-49-41-31-25-24-26-34-42-50-64(4)5)62-88-92(80,81)86-58-68(75)59-87-93(82,83)89-63-70(61-85-72(77)55-47-39-33-32-37-45-53-67(8)11-3)90-73(78)56-48-40-30-23-19-18-21-28-36-44-52-66(7)10-2/h64-70,75H,9-63H2,1-8H3,(H,80,81)(H,82,83)/t65?,66?,67?,68-,69-,70-/m1/s1. The third-order valence-electron chi connectivity index (χ3n) is 18.2. The van der Waals surface area contributed by atoms with E-state index in [4.69, 9.17) is 37.0 Å². The van der Waals surface area contributed by atoms with Gasteiger partial charge in [0.1, 0.15) is 19.3 Å². The van der Waals surface area contributed by atoms with Gasteiger partial charge in [0.15, 0.2) is 12.2 Å². The summed E-state index contributed by atoms with van der Waals surface area (Å²) >= 11 is 0. The average molecular weight is 1370 g/mol. The molecular weight excluding hydrogens is 1220 g/mol. The van der Waals surface area contributed by atoms with Gasteiger partial charge in [-0.2, -0.15) is 0 Å². The molecule has 0 bridgehead atoms. The number of carbonyl (C=O) groups excluding carboxylic acids is 4. The van der Waals surface area contributed by atoms with Crippen LogP contribution in [0.2, 0.25) is 0 Å². The van der Waals surface area contributed by atoms with Crippen molar-refractivity contribution in [2.75, 3.05) is 39.6 Å². The maximum Gasteiger partial charge on any atom is 0.472 e. The maximum atomic E-state index is 13.0. The molecule has 0 aromatic rings. The number of unbranched alkanes of at least 4 members (excludes halogenated alkanes) is 34. The predicted octanol–water partition coefficient (Wildman–Crippen LogP) is 21.3. The number of aliphatic hydroxyl groups is 1. The van der Waals surface area contributed by atoms with Crippen LogP contribution in [-0.2, 0) is 65.4 Å². The Morgan fingerprint density at radius 1 is 0.301 bits per heavy atom. The van der Waals surface area contributed by atoms with Gasteiger partial charge in [0.2, 0.25) is 0 Å². The fraction of sp³-hybridized carbons (Fsp3) is 0.946. The zero-order chi connectivity index (χ0) is 68.9. The summed E-state index contributed by atoms with van der Waals surface area (Å²) in [5, 5.41) is 10.6. The van der Waals surface area contributed by atoms with Crippen molar-refractivity contribution in [3.8, 4) is 0 Å². The fourth-order valence-electron chi connectivity index (χ4n) is 11.1. The molecule has 19 heteroatoms. The highest BCUT2D eigenvalue weighted by Gasteiger charge is 2.30. The Bertz CT molecular complexity index is 1840. The SMILES string of the molecule is CCC(C)CCCCCCCCCCCCCCCCC(=O)OC[C@H](COP(=O)(O)OC[C@@H](O)COP(=O)(O)OC[C@@H](COC(=O)CCCCCCCCC(C)CC)OC(=O)CCCCCCCCCCCCC(C)CC)OC(=O)CCCCCCCCCCC(C)C. The van der Waals surface area contributed by atoms with Crippen molar-refractivity contribution >= 4 is 39.5 Å². The Hall–Kier alpha value is -1.94. The number of hydrogen-bond donors (Lipinski definition) is 3. The number of phosphoric ester groups is 2. The molecule has 0 amide bonds. The highest BCUT2D eigenvalue weighted by atomic mass is 31.2. The molecule has 0 saturated carbocycles. The lowest BCUT2D eigenvalue weighted by Gasteiger charge is -2.21. The minimum atomic E-state index is -4.96. The van der Waals surface area contributed by atoms with E-state index in [0.717, 1.165) is 120 Å². The third-order valence-corrected chi connectivity index (χ3v) is 20.1. The molecule has 0 aromatic heterocycles. The second-order valence-electron chi connectivity index (χ2n) is 27.9. The minimum absolute atomic E-state index is 0.104. The van der Waals surface area contributed by atoms with Gasteiger partial charge in [-0.05, 0) is 49.4 Å². The first-order chi connectivity index (χ1) is 44.7. The summed E-state index contributed by atoms with van der Waals surface area (Å²) in [5.74, 6) is 0.976. The van der Waals surface area contributed by atoms with Gasteiger partial charge in [0, 0.05) is 25.7 Å². The second kappa shape index (κ2) is 63.5. The Morgan fingerprint density at radius 3 is 0.763 bits per heavy atom. The second-order valence-corrected chi connectivity index (χ2v) is 30.8. The average Bonchev–Trinajstić information content (AvgIpc) is 2.74. The van der Waals surface area contributed by atoms with E-state index in [-0.39, 0.29) is 25.7 Å². The van der Waals surface area contributed by atoms with Crippen molar-refractivity contribution in [2.45, 2.75) is 388 Å². The summed E-state index contributed by atoms with van der Waals surface area (Å²) in [6.07, 6.45) is 47.1. The largest absolute Gasteiger partial charge is 0.472 e. The fourth-order valence-corrected chi connectivity index (χ4v) is 12.7. The van der Waals surface area contributed by atoms with Gasteiger partial charge in [-0.3, -0.25) is 37.3 Å². The molecule has 93 heavy (non-hydrogen) atoms. The maximum absolute atomic E-state index is 13.0. The summed E-state index contributed by atoms with van der Waals surface area (Å²) in [6, 6.07) is 0. The highest BCUT2D eigenvalue weighted by Crippen LogP contribution is 2.45. The van der Waals surface area contributed by atoms with Gasteiger partial charge in [-0.1, -0.05) is 319 Å². The molecule has 0 saturated heterocycles. The van der Waals surface area contributed by atoms with Gasteiger partial charge < -0.3 is 33.8 Å². The number of hydrogen-bond acceptors (Lipinski definition) is 15. The lowest BCUT2D eigenvalue weighted by Crippen LogP contribution is -2.30. The van der Waals surface area contributed by atoms with E-state index in [0.29, 0.717) is 25.7 Å². The molecule has 5 unspecified atom stereocenters. The quantitative estimate of drug-likeness (QED) is 0.0222. The molecule has 0 aliphatic carbocycles. The van der Waals surface area contributed by atoms with Crippen LogP contribution in [-0.4, -0.2) is 96.7 Å². The van der Waals surface area contributed by atoms with Crippen LogP contribution in [0.15, 0.2) is 0 Å². The number of phosphoric acid groups is 2. The van der Waals surface area contributed by atoms with Crippen molar-refractivity contribution < 1.29 is 80.2 Å². The number of carbonyl (C=O) groups is 4. The summed E-state index contributed by atoms with van der Waals surface area (Å²) in [5.41, 5.74) is 0. The smallest absolute Gasteiger partial charge is 0.462 e. The summed E-state index contributed by atoms with van der Waals surface area (Å²) < 4.78 is 68.4. The molecule has 0 rings (SSSR count). The Balaban J connectivity index is 5.22. The van der Waals surface area contributed by atoms with E-state index in [1.807, 2.05) is 0 Å². The molecule has 552 valence electrons. The Morgan fingerprint density at radius 2 is 0.516 bits per heavy atom. The van der Waals surface area contributed by atoms with E-state index in [2.05, 4.69) is 55.4 Å². The molecule has 0 heterocycles. The van der Waals surface area contributed by atoms with Crippen molar-refractivity contribution in [2.24, 2.45) is 23.7 Å². The summed E-state index contributed by atoms with van der Waals surface area (Å²) in [7, 11) is -9.91. The Labute approximate surface area is 568 Å². The Kier molecular flexibility index (Phi) is 62.2. The number of esters is 4. The van der Waals surface area contributed by atoms with Crippen molar-refractivity contribution in [3.63, 3.8) is 0 Å². The van der Waals surface area contributed by atoms with Crippen molar-refractivity contribution in [3.05, 3.63) is 0 Å². The van der Waals surface area contributed by atoms with E-state index in [9.17, 15) is 43.2 Å². The van der Waals surface area contributed by atoms with E-state index >= 15 is 0 Å². The van der Waals surface area contributed by atoms with Crippen LogP contribution in [0.4, 0.5) is 0 Å². The van der Waals surface area contributed by atoms with Crippen molar-refractivity contribution in [1.29, 1.82) is 0 Å². The molecule has 3 N–H and O–H groups in total. The van der Waals surface area contributed by atoms with Crippen LogP contribution in [0.5, 0.6) is 0 Å². The first-order valence-corrected chi connectivity index (χ1v) is 41.3. The van der Waals surface area contributed by atoms with Crippen LogP contribution in [0, 0.1) is 23.7 Å². The lowest BCUT2D eigenvalue weighted by atomic mass is 9.99. The monoisotopic (exact) mass is 1370 g/mol. The minimum Gasteiger partial charge on any atom is -0.462 e. The van der Waals surface area contributed by atoms with E-state index in [1.165, 1.54) is 167 Å². The predicted molar refractivity (Wildman–Crippen MR) is 377 cm³/mol. The molecule has 17 nitrogen and oxygen atoms in total. The first-order valence-electron chi connectivity index (χ1n) is 38.3. The molecule has 0 aliphatic heterocycles. The number of aliphatic hydroxyl groups excluding tert-OH is 1. The lowest BCUT2D eigenvalue weighted by molar-refractivity contribution is -0.161. The molecule has 0 spiro atoms. The van der Waals surface area contributed by atoms with Gasteiger partial charge in [-0.25, -0.2) is 9.13 Å². The summed E-state index contributed by atoms with van der Waals surface area (Å²) in [4.78, 5) is 72.7. The van der Waals surface area contributed by atoms with Gasteiger partial charge in [0.25, 0.3) is 0 Å². The van der Waals surface area contributed by atoms with E-state index in [1.54, 1.807) is 0 Å². The third kappa shape index (κ3) is 64.5. The topological polar surface area (TPSA) is 237 Å². The van der Waals surface area contributed by atoms with Crippen LogP contribution in [0.25, 0.3) is 0 Å². The molecule has 0 aliphatic rings. The normalized spacial score (nSPS) is 15.1. The van der Waals surface area contributed by atoms with E-state index < -0.39 is 97.5 Å². The molecule has 0 radical (unpaired) electrons. The van der Waals surface area contributed by atoms with Crippen LogP contribution >= 0.6 is 15.6 Å². The number of ether oxygens (including phenoxy) is 4. The molecule has 0 fully saturated rings.